The highest BCUT2D eigenvalue weighted by Gasteiger charge is 2.11. The van der Waals surface area contributed by atoms with Crippen LogP contribution in [0.15, 0.2) is 48.5 Å². The summed E-state index contributed by atoms with van der Waals surface area (Å²) in [6.45, 7) is 0. The molecule has 0 unspecified atom stereocenters. The van der Waals surface area contributed by atoms with Crippen molar-refractivity contribution in [1.82, 2.24) is 0 Å². The van der Waals surface area contributed by atoms with E-state index in [1.54, 1.807) is 30.3 Å². The molecule has 0 fully saturated rings. The Morgan fingerprint density at radius 2 is 1.88 bits per heavy atom. The molecule has 0 bridgehead atoms. The maximum Gasteiger partial charge on any atom is 0.194 e. The molecule has 17 heavy (non-hydrogen) atoms. The molecule has 0 aliphatic heterocycles. The maximum absolute atomic E-state index is 12.2. The summed E-state index contributed by atoms with van der Waals surface area (Å²) >= 11 is 2.13. The van der Waals surface area contributed by atoms with Crippen molar-refractivity contribution in [3.05, 3.63) is 68.8 Å². The molecule has 0 saturated heterocycles. The van der Waals surface area contributed by atoms with Crippen molar-refractivity contribution in [2.75, 3.05) is 0 Å². The zero-order valence-corrected chi connectivity index (χ0v) is 11.0. The van der Waals surface area contributed by atoms with Gasteiger partial charge in [0.25, 0.3) is 0 Å². The number of nitrogens with zero attached hydrogens (tertiary/aromatic N) is 1. The first-order valence-electron chi connectivity index (χ1n) is 5.02. The summed E-state index contributed by atoms with van der Waals surface area (Å²) in [6, 6.07) is 16.2. The van der Waals surface area contributed by atoms with Crippen molar-refractivity contribution < 1.29 is 4.79 Å². The first-order chi connectivity index (χ1) is 8.22. The van der Waals surface area contributed by atoms with E-state index in [4.69, 9.17) is 5.26 Å². The van der Waals surface area contributed by atoms with Crippen LogP contribution in [0.5, 0.6) is 0 Å². The Bertz CT molecular complexity index is 614. The van der Waals surface area contributed by atoms with E-state index >= 15 is 0 Å². The van der Waals surface area contributed by atoms with Crippen LogP contribution in [0, 0.1) is 14.9 Å². The maximum atomic E-state index is 12.2. The Morgan fingerprint density at radius 1 is 1.12 bits per heavy atom. The topological polar surface area (TPSA) is 40.9 Å². The molecule has 0 radical (unpaired) electrons. The lowest BCUT2D eigenvalue weighted by atomic mass is 10.0. The zero-order valence-electron chi connectivity index (χ0n) is 8.85. The van der Waals surface area contributed by atoms with Crippen LogP contribution in [0.2, 0.25) is 0 Å². The molecule has 2 aromatic carbocycles. The second-order valence-corrected chi connectivity index (χ2v) is 4.66. The minimum absolute atomic E-state index is 0.0490. The number of hydrogen-bond donors (Lipinski definition) is 0. The molecule has 3 heteroatoms. The Kier molecular flexibility index (Phi) is 3.55. The molecule has 2 aromatic rings. The van der Waals surface area contributed by atoms with E-state index in [2.05, 4.69) is 22.6 Å². The number of halogens is 1. The summed E-state index contributed by atoms with van der Waals surface area (Å²) < 4.78 is 0.914. The summed E-state index contributed by atoms with van der Waals surface area (Å²) in [4.78, 5) is 12.2. The highest BCUT2D eigenvalue weighted by molar-refractivity contribution is 14.1. The van der Waals surface area contributed by atoms with Crippen LogP contribution >= 0.6 is 22.6 Å². The van der Waals surface area contributed by atoms with Gasteiger partial charge in [0.05, 0.1) is 11.6 Å². The molecule has 0 heterocycles. The summed E-state index contributed by atoms with van der Waals surface area (Å²) in [5, 5.41) is 8.81. The van der Waals surface area contributed by atoms with Gasteiger partial charge in [-0.3, -0.25) is 4.79 Å². The van der Waals surface area contributed by atoms with Gasteiger partial charge < -0.3 is 0 Å². The van der Waals surface area contributed by atoms with Gasteiger partial charge in [0.2, 0.25) is 0 Å². The zero-order chi connectivity index (χ0) is 12.3. The van der Waals surface area contributed by atoms with Crippen LogP contribution < -0.4 is 0 Å². The molecule has 2 nitrogen and oxygen atoms in total. The highest BCUT2D eigenvalue weighted by atomic mass is 127. The average molecular weight is 333 g/mol. The highest BCUT2D eigenvalue weighted by Crippen LogP contribution is 2.17. The molecule has 0 atom stereocenters. The van der Waals surface area contributed by atoms with Gasteiger partial charge in [0.15, 0.2) is 5.78 Å². The molecule has 0 amide bonds. The molecule has 2 rings (SSSR count). The van der Waals surface area contributed by atoms with Crippen LogP contribution in [-0.4, -0.2) is 5.78 Å². The molecular formula is C14H8INO. The van der Waals surface area contributed by atoms with Crippen molar-refractivity contribution in [3.8, 4) is 6.07 Å². The lowest BCUT2D eigenvalue weighted by Crippen LogP contribution is -2.03. The second-order valence-electron chi connectivity index (χ2n) is 3.50. The van der Waals surface area contributed by atoms with Gasteiger partial charge in [0, 0.05) is 14.7 Å². The molecular weight excluding hydrogens is 325 g/mol. The molecule has 0 aliphatic rings. The van der Waals surface area contributed by atoms with Gasteiger partial charge in [0.1, 0.15) is 0 Å². The predicted molar refractivity (Wildman–Crippen MR) is 73.7 cm³/mol. The van der Waals surface area contributed by atoms with Gasteiger partial charge in [-0.2, -0.15) is 5.26 Å². The van der Waals surface area contributed by atoms with E-state index < -0.39 is 0 Å². The smallest absolute Gasteiger partial charge is 0.194 e. The number of carbonyl (C=O) groups is 1. The summed E-state index contributed by atoms with van der Waals surface area (Å²) in [5.41, 5.74) is 1.72. The Morgan fingerprint density at radius 3 is 2.59 bits per heavy atom. The van der Waals surface area contributed by atoms with E-state index in [0.29, 0.717) is 16.7 Å². The third-order valence-corrected chi connectivity index (χ3v) is 3.31. The molecule has 0 saturated carbocycles. The van der Waals surface area contributed by atoms with Crippen molar-refractivity contribution in [2.24, 2.45) is 0 Å². The molecule has 0 spiro atoms. The van der Waals surface area contributed by atoms with Gasteiger partial charge in [-0.1, -0.05) is 24.3 Å². The second kappa shape index (κ2) is 5.11. The van der Waals surface area contributed by atoms with Gasteiger partial charge in [-0.15, -0.1) is 0 Å². The number of ketones is 1. The summed E-state index contributed by atoms with van der Waals surface area (Å²) in [5.74, 6) is -0.0490. The van der Waals surface area contributed by atoms with Gasteiger partial charge in [-0.05, 0) is 46.9 Å². The van der Waals surface area contributed by atoms with Crippen LogP contribution in [0.25, 0.3) is 0 Å². The number of rotatable bonds is 2. The summed E-state index contributed by atoms with van der Waals surface area (Å²) in [6.07, 6.45) is 0. The normalized spacial score (nSPS) is 9.65. The van der Waals surface area contributed by atoms with E-state index in [1.807, 2.05) is 24.3 Å². The molecule has 0 aromatic heterocycles. The SMILES string of the molecule is N#Cc1cccc(C(=O)c2ccccc2I)c1. The molecule has 0 N–H and O–H groups in total. The monoisotopic (exact) mass is 333 g/mol. The van der Waals surface area contributed by atoms with Crippen LogP contribution in [0.4, 0.5) is 0 Å². The Balaban J connectivity index is 2.45. The van der Waals surface area contributed by atoms with Crippen LogP contribution in [-0.2, 0) is 0 Å². The van der Waals surface area contributed by atoms with Crippen LogP contribution in [0.1, 0.15) is 21.5 Å². The molecule has 0 aliphatic carbocycles. The fourth-order valence-corrected chi connectivity index (χ4v) is 2.16. The quantitative estimate of drug-likeness (QED) is 0.624. The average Bonchev–Trinajstić information content (AvgIpc) is 2.38. The first-order valence-corrected chi connectivity index (χ1v) is 6.09. The fraction of sp³-hybridized carbons (Fsp3) is 0. The summed E-state index contributed by atoms with van der Waals surface area (Å²) in [7, 11) is 0. The van der Waals surface area contributed by atoms with E-state index in [0.717, 1.165) is 3.57 Å². The third-order valence-electron chi connectivity index (χ3n) is 2.37. The van der Waals surface area contributed by atoms with Crippen molar-refractivity contribution in [2.45, 2.75) is 0 Å². The fourth-order valence-electron chi connectivity index (χ4n) is 1.53. The minimum Gasteiger partial charge on any atom is -0.289 e. The number of nitriles is 1. The first kappa shape index (κ1) is 11.8. The third kappa shape index (κ3) is 2.53. The minimum atomic E-state index is -0.0490. The lowest BCUT2D eigenvalue weighted by molar-refractivity contribution is 0.103. The largest absolute Gasteiger partial charge is 0.289 e. The molecule has 82 valence electrons. The van der Waals surface area contributed by atoms with Gasteiger partial charge >= 0.3 is 0 Å². The Labute approximate surface area is 113 Å². The van der Waals surface area contributed by atoms with Crippen molar-refractivity contribution >= 4 is 28.4 Å². The van der Waals surface area contributed by atoms with Crippen LogP contribution in [0.3, 0.4) is 0 Å². The van der Waals surface area contributed by atoms with Gasteiger partial charge in [-0.25, -0.2) is 0 Å². The predicted octanol–water partition coefficient (Wildman–Crippen LogP) is 3.39. The number of hydrogen-bond acceptors (Lipinski definition) is 2. The van der Waals surface area contributed by atoms with E-state index in [9.17, 15) is 4.79 Å². The standard InChI is InChI=1S/C14H8INO/c15-13-7-2-1-6-12(13)14(17)11-5-3-4-10(8-11)9-16/h1-8H. The van der Waals surface area contributed by atoms with Crippen molar-refractivity contribution in [1.29, 1.82) is 5.26 Å². The van der Waals surface area contributed by atoms with Crippen molar-refractivity contribution in [3.63, 3.8) is 0 Å². The van der Waals surface area contributed by atoms with E-state index in [1.165, 1.54) is 0 Å². The number of carbonyl (C=O) groups excluding carboxylic acids is 1. The Hall–Kier alpha value is -1.67. The lowest BCUT2D eigenvalue weighted by Gasteiger charge is -2.03. The van der Waals surface area contributed by atoms with E-state index in [-0.39, 0.29) is 5.78 Å². The number of benzene rings is 2.